The zero-order valence-electron chi connectivity index (χ0n) is 12.4. The highest BCUT2D eigenvalue weighted by molar-refractivity contribution is 5.70. The fourth-order valence-corrected chi connectivity index (χ4v) is 3.10. The van der Waals surface area contributed by atoms with E-state index in [1.165, 1.54) is 16.7 Å². The van der Waals surface area contributed by atoms with E-state index in [0.29, 0.717) is 5.69 Å². The Morgan fingerprint density at radius 2 is 1.70 bits per heavy atom. The molecule has 1 heterocycles. The Kier molecular flexibility index (Phi) is 2.68. The lowest BCUT2D eigenvalue weighted by Gasteiger charge is -2.30. The van der Waals surface area contributed by atoms with Gasteiger partial charge >= 0.3 is 0 Å². The molecule has 1 unspecified atom stereocenters. The summed E-state index contributed by atoms with van der Waals surface area (Å²) in [6, 6.07) is 5.87. The Labute approximate surface area is 119 Å². The highest BCUT2D eigenvalue weighted by atomic mass is 16.5. The lowest BCUT2D eigenvalue weighted by atomic mass is 9.83. The zero-order valence-corrected chi connectivity index (χ0v) is 12.4. The van der Waals surface area contributed by atoms with E-state index >= 15 is 0 Å². The van der Waals surface area contributed by atoms with Gasteiger partial charge in [0.1, 0.15) is 11.5 Å². The summed E-state index contributed by atoms with van der Waals surface area (Å²) < 4.78 is 6.12. The molecule has 2 aromatic carbocycles. The lowest BCUT2D eigenvalue weighted by molar-refractivity contribution is 0.445. The van der Waals surface area contributed by atoms with Crippen LogP contribution in [0, 0.1) is 20.8 Å². The van der Waals surface area contributed by atoms with E-state index in [1.54, 1.807) is 0 Å². The quantitative estimate of drug-likeness (QED) is 0.709. The first-order chi connectivity index (χ1) is 9.41. The van der Waals surface area contributed by atoms with Crippen LogP contribution in [0.3, 0.4) is 0 Å². The molecular weight excluding hydrogens is 248 g/mol. The predicted molar refractivity (Wildman–Crippen MR) is 83.5 cm³/mol. The molecule has 0 aromatic heterocycles. The summed E-state index contributed by atoms with van der Waals surface area (Å²) in [5, 5.41) is 0. The third-order valence-corrected chi connectivity index (χ3v) is 4.51. The molecule has 0 spiro atoms. The summed E-state index contributed by atoms with van der Waals surface area (Å²) >= 11 is 0. The number of fused-ring (bicyclic) bond motifs is 2. The molecule has 4 N–H and O–H groups in total. The van der Waals surface area contributed by atoms with Gasteiger partial charge in [0.15, 0.2) is 0 Å². The van der Waals surface area contributed by atoms with Gasteiger partial charge in [-0.1, -0.05) is 13.0 Å². The first-order valence-electron chi connectivity index (χ1n) is 6.88. The van der Waals surface area contributed by atoms with Crippen molar-refractivity contribution in [2.24, 2.45) is 0 Å². The molecule has 0 amide bonds. The Morgan fingerprint density at radius 1 is 1.00 bits per heavy atom. The second-order valence-electron chi connectivity index (χ2n) is 5.65. The number of rotatable bonds is 0. The number of nitrogens with two attached hydrogens (primary N) is 2. The molecule has 104 valence electrons. The highest BCUT2D eigenvalue weighted by Crippen LogP contribution is 2.49. The minimum Gasteiger partial charge on any atom is -0.456 e. The van der Waals surface area contributed by atoms with Crippen LogP contribution in [0.4, 0.5) is 11.4 Å². The van der Waals surface area contributed by atoms with Crippen molar-refractivity contribution >= 4 is 11.4 Å². The van der Waals surface area contributed by atoms with E-state index < -0.39 is 0 Å². The van der Waals surface area contributed by atoms with Crippen molar-refractivity contribution in [2.45, 2.75) is 33.6 Å². The summed E-state index contributed by atoms with van der Waals surface area (Å²) in [5.74, 6) is 2.03. The Balaban J connectivity index is 2.30. The van der Waals surface area contributed by atoms with E-state index in [2.05, 4.69) is 26.8 Å². The molecule has 0 aliphatic carbocycles. The molecule has 1 aliphatic rings. The molecular formula is C17H20N2O. The van der Waals surface area contributed by atoms with Gasteiger partial charge in [-0.15, -0.1) is 0 Å². The maximum Gasteiger partial charge on any atom is 0.136 e. The molecule has 0 radical (unpaired) electrons. The number of anilines is 2. The summed E-state index contributed by atoms with van der Waals surface area (Å²) in [4.78, 5) is 0. The normalized spacial score (nSPS) is 16.3. The van der Waals surface area contributed by atoms with Crippen molar-refractivity contribution < 1.29 is 4.74 Å². The Morgan fingerprint density at radius 3 is 2.40 bits per heavy atom. The molecule has 3 nitrogen and oxygen atoms in total. The number of hydrogen-bond acceptors (Lipinski definition) is 3. The monoisotopic (exact) mass is 268 g/mol. The van der Waals surface area contributed by atoms with Gasteiger partial charge in [0, 0.05) is 40.0 Å². The van der Waals surface area contributed by atoms with Crippen LogP contribution >= 0.6 is 0 Å². The van der Waals surface area contributed by atoms with Crippen LogP contribution in [0.15, 0.2) is 18.2 Å². The molecule has 3 heteroatoms. The minimum atomic E-state index is 0.285. The van der Waals surface area contributed by atoms with E-state index in [9.17, 15) is 0 Å². The lowest BCUT2D eigenvalue weighted by Crippen LogP contribution is -2.13. The van der Waals surface area contributed by atoms with Crippen molar-refractivity contribution in [2.75, 3.05) is 11.5 Å². The standard InChI is InChI=1S/C17H20N2O/c1-8-9(2)16(19)11(4)17-15(8)10(3)13-6-5-12(18)7-14(13)20-17/h5-7,10H,18-19H2,1-4H3. The molecule has 0 fully saturated rings. The van der Waals surface area contributed by atoms with Crippen LogP contribution in [0.2, 0.25) is 0 Å². The third-order valence-electron chi connectivity index (χ3n) is 4.51. The average molecular weight is 268 g/mol. The number of nitrogen functional groups attached to an aromatic ring is 2. The van der Waals surface area contributed by atoms with Gasteiger partial charge in [0.2, 0.25) is 0 Å². The van der Waals surface area contributed by atoms with Crippen LogP contribution in [-0.4, -0.2) is 0 Å². The largest absolute Gasteiger partial charge is 0.456 e. The van der Waals surface area contributed by atoms with Gasteiger partial charge in [-0.25, -0.2) is 0 Å². The average Bonchev–Trinajstić information content (AvgIpc) is 2.42. The summed E-state index contributed by atoms with van der Waals surface area (Å²) in [5.41, 5.74) is 19.4. The van der Waals surface area contributed by atoms with Crippen LogP contribution in [0.25, 0.3) is 0 Å². The van der Waals surface area contributed by atoms with Crippen LogP contribution in [0.5, 0.6) is 11.5 Å². The van der Waals surface area contributed by atoms with E-state index in [-0.39, 0.29) is 5.92 Å². The maximum atomic E-state index is 6.20. The Bertz CT molecular complexity index is 720. The fraction of sp³-hybridized carbons (Fsp3) is 0.294. The number of hydrogen-bond donors (Lipinski definition) is 2. The van der Waals surface area contributed by atoms with E-state index in [0.717, 1.165) is 28.3 Å². The molecule has 1 aliphatic heterocycles. The Hall–Kier alpha value is -2.16. The van der Waals surface area contributed by atoms with Gasteiger partial charge in [0.05, 0.1) is 0 Å². The smallest absolute Gasteiger partial charge is 0.136 e. The SMILES string of the molecule is Cc1c(C)c2c(c(C)c1N)Oc1cc(N)ccc1C2C. The maximum absolute atomic E-state index is 6.20. The molecule has 3 rings (SSSR count). The first-order valence-corrected chi connectivity index (χ1v) is 6.88. The van der Waals surface area contributed by atoms with Gasteiger partial charge in [-0.05, 0) is 38.0 Å². The fourth-order valence-electron chi connectivity index (χ4n) is 3.10. The summed E-state index contributed by atoms with van der Waals surface area (Å²) in [6.07, 6.45) is 0. The van der Waals surface area contributed by atoms with E-state index in [4.69, 9.17) is 16.2 Å². The van der Waals surface area contributed by atoms with E-state index in [1.807, 2.05) is 19.1 Å². The first kappa shape index (κ1) is 12.9. The van der Waals surface area contributed by atoms with Crippen LogP contribution < -0.4 is 16.2 Å². The molecule has 1 atom stereocenters. The zero-order chi connectivity index (χ0) is 14.6. The molecule has 2 aromatic rings. The van der Waals surface area contributed by atoms with Crippen molar-refractivity contribution in [1.82, 2.24) is 0 Å². The van der Waals surface area contributed by atoms with Crippen LogP contribution in [-0.2, 0) is 0 Å². The second kappa shape index (κ2) is 4.17. The topological polar surface area (TPSA) is 61.3 Å². The molecule has 0 bridgehead atoms. The van der Waals surface area contributed by atoms with Crippen molar-refractivity contribution in [1.29, 1.82) is 0 Å². The number of benzene rings is 2. The summed E-state index contributed by atoms with van der Waals surface area (Å²) in [6.45, 7) is 8.42. The van der Waals surface area contributed by atoms with Crippen molar-refractivity contribution in [3.63, 3.8) is 0 Å². The van der Waals surface area contributed by atoms with Gasteiger partial charge < -0.3 is 16.2 Å². The number of ether oxygens (including phenoxy) is 1. The third kappa shape index (κ3) is 1.59. The highest BCUT2D eigenvalue weighted by Gasteiger charge is 2.29. The molecule has 20 heavy (non-hydrogen) atoms. The van der Waals surface area contributed by atoms with Gasteiger partial charge in [0.25, 0.3) is 0 Å². The molecule has 0 saturated heterocycles. The van der Waals surface area contributed by atoms with Crippen LogP contribution in [0.1, 0.15) is 40.7 Å². The van der Waals surface area contributed by atoms with Crippen molar-refractivity contribution in [3.8, 4) is 11.5 Å². The van der Waals surface area contributed by atoms with Crippen molar-refractivity contribution in [3.05, 3.63) is 46.0 Å². The second-order valence-corrected chi connectivity index (χ2v) is 5.65. The van der Waals surface area contributed by atoms with Gasteiger partial charge in [-0.2, -0.15) is 0 Å². The minimum absolute atomic E-state index is 0.285. The predicted octanol–water partition coefficient (Wildman–Crippen LogP) is 4.03. The summed E-state index contributed by atoms with van der Waals surface area (Å²) in [7, 11) is 0. The van der Waals surface area contributed by atoms with Gasteiger partial charge in [-0.3, -0.25) is 0 Å². The molecule has 0 saturated carbocycles.